The molecule has 4 N–H and O–H groups in total. The molecule has 0 radical (unpaired) electrons. The van der Waals surface area contributed by atoms with Gasteiger partial charge >= 0.3 is 0 Å². The number of aliphatic hydroxyl groups excluding tert-OH is 4. The molecule has 0 aromatic carbocycles. The van der Waals surface area contributed by atoms with Gasteiger partial charge in [-0.25, -0.2) is 0 Å². The largest absolute Gasteiger partial charge is 0.394 e. The fourth-order valence-corrected chi connectivity index (χ4v) is 1.73. The maximum Gasteiger partial charge on any atom is 0.108 e. The van der Waals surface area contributed by atoms with E-state index in [1.807, 2.05) is 0 Å². The molecule has 2 atom stereocenters. The highest BCUT2D eigenvalue weighted by Crippen LogP contribution is 2.23. The van der Waals surface area contributed by atoms with Crippen LogP contribution >= 0.6 is 11.3 Å². The first-order valence-electron chi connectivity index (χ1n) is 3.84. The van der Waals surface area contributed by atoms with E-state index >= 15 is 0 Å². The number of aliphatic hydroxyl groups is 4. The van der Waals surface area contributed by atoms with Crippen LogP contribution in [0.3, 0.4) is 0 Å². The van der Waals surface area contributed by atoms with E-state index in [0.717, 1.165) is 4.88 Å². The van der Waals surface area contributed by atoms with E-state index in [1.54, 1.807) is 11.4 Å². The zero-order valence-corrected chi connectivity index (χ0v) is 7.74. The predicted molar refractivity (Wildman–Crippen MR) is 48.3 cm³/mol. The van der Waals surface area contributed by atoms with Gasteiger partial charge in [-0.05, 0) is 17.0 Å². The van der Waals surface area contributed by atoms with E-state index in [-0.39, 0.29) is 6.61 Å². The van der Waals surface area contributed by atoms with E-state index < -0.39 is 18.8 Å². The van der Waals surface area contributed by atoms with Crippen LogP contribution in [-0.4, -0.2) is 33.1 Å². The molecule has 0 amide bonds. The van der Waals surface area contributed by atoms with Crippen LogP contribution in [0.15, 0.2) is 11.4 Å². The Morgan fingerprint density at radius 3 is 2.46 bits per heavy atom. The second-order valence-corrected chi connectivity index (χ2v) is 3.70. The Morgan fingerprint density at radius 2 is 2.00 bits per heavy atom. The van der Waals surface area contributed by atoms with Crippen molar-refractivity contribution >= 4 is 11.3 Å². The van der Waals surface area contributed by atoms with Crippen LogP contribution in [0.5, 0.6) is 0 Å². The molecule has 1 aromatic heterocycles. The van der Waals surface area contributed by atoms with Crippen molar-refractivity contribution in [2.45, 2.75) is 18.8 Å². The molecule has 1 aromatic rings. The van der Waals surface area contributed by atoms with Crippen molar-refractivity contribution in [2.24, 2.45) is 0 Å². The summed E-state index contributed by atoms with van der Waals surface area (Å²) in [4.78, 5) is 0.721. The summed E-state index contributed by atoms with van der Waals surface area (Å²) in [6.07, 6.45) is -2.25. The third-order valence-corrected chi connectivity index (χ3v) is 2.66. The van der Waals surface area contributed by atoms with Gasteiger partial charge in [-0.2, -0.15) is 0 Å². The summed E-state index contributed by atoms with van der Waals surface area (Å²) in [5.41, 5.74) is 0.524. The summed E-state index contributed by atoms with van der Waals surface area (Å²) in [5.74, 6) is 0. The lowest BCUT2D eigenvalue weighted by atomic mass is 10.1. The van der Waals surface area contributed by atoms with Crippen LogP contribution in [0, 0.1) is 0 Å². The fraction of sp³-hybridized carbons (Fsp3) is 0.500. The predicted octanol–water partition coefficient (Wildman–Crippen LogP) is -0.373. The first-order valence-corrected chi connectivity index (χ1v) is 4.72. The fourth-order valence-electron chi connectivity index (χ4n) is 0.958. The van der Waals surface area contributed by atoms with Gasteiger partial charge in [0.2, 0.25) is 0 Å². The summed E-state index contributed by atoms with van der Waals surface area (Å²) in [7, 11) is 0. The highest BCUT2D eigenvalue weighted by Gasteiger charge is 2.18. The minimum atomic E-state index is -1.17. The second-order valence-electron chi connectivity index (χ2n) is 2.70. The molecule has 0 aliphatic carbocycles. The normalized spacial score (nSPS) is 15.7. The first-order chi connectivity index (χ1) is 6.19. The summed E-state index contributed by atoms with van der Waals surface area (Å²) < 4.78 is 0. The minimum absolute atomic E-state index is 0.0768. The molecule has 0 fully saturated rings. The maximum absolute atomic E-state index is 9.41. The van der Waals surface area contributed by atoms with Gasteiger partial charge in [0, 0.05) is 4.88 Å². The molecule has 0 aliphatic rings. The zero-order chi connectivity index (χ0) is 9.84. The van der Waals surface area contributed by atoms with Crippen molar-refractivity contribution in [1.82, 2.24) is 0 Å². The van der Waals surface area contributed by atoms with Crippen LogP contribution in [0.2, 0.25) is 0 Å². The lowest BCUT2D eigenvalue weighted by molar-refractivity contribution is -0.0151. The third kappa shape index (κ3) is 2.49. The van der Waals surface area contributed by atoms with E-state index in [4.69, 9.17) is 15.3 Å². The topological polar surface area (TPSA) is 80.9 Å². The lowest BCUT2D eigenvalue weighted by Gasteiger charge is -2.13. The van der Waals surface area contributed by atoms with Crippen LogP contribution in [0.4, 0.5) is 0 Å². The van der Waals surface area contributed by atoms with Crippen LogP contribution in [-0.2, 0) is 6.61 Å². The van der Waals surface area contributed by atoms with Gasteiger partial charge in [0.05, 0.1) is 13.2 Å². The van der Waals surface area contributed by atoms with Crippen molar-refractivity contribution in [1.29, 1.82) is 0 Å². The van der Waals surface area contributed by atoms with Gasteiger partial charge < -0.3 is 20.4 Å². The molecular weight excluding hydrogens is 192 g/mol. The highest BCUT2D eigenvalue weighted by molar-refractivity contribution is 7.10. The van der Waals surface area contributed by atoms with E-state index in [2.05, 4.69) is 0 Å². The summed E-state index contributed by atoms with van der Waals surface area (Å²) in [6.45, 7) is -0.557. The van der Waals surface area contributed by atoms with Gasteiger partial charge in [-0.3, -0.25) is 0 Å². The molecule has 1 rings (SSSR count). The van der Waals surface area contributed by atoms with Gasteiger partial charge in [0.1, 0.15) is 12.2 Å². The Kier molecular flexibility index (Phi) is 3.83. The van der Waals surface area contributed by atoms with E-state index in [0.29, 0.717) is 5.56 Å². The van der Waals surface area contributed by atoms with E-state index in [9.17, 15) is 5.11 Å². The van der Waals surface area contributed by atoms with Crippen molar-refractivity contribution in [2.75, 3.05) is 6.61 Å². The Balaban J connectivity index is 2.70. The van der Waals surface area contributed by atoms with E-state index in [1.165, 1.54) is 11.3 Å². The summed E-state index contributed by atoms with van der Waals surface area (Å²) in [6, 6.07) is 1.61. The van der Waals surface area contributed by atoms with Gasteiger partial charge in [-0.1, -0.05) is 0 Å². The molecule has 0 bridgehead atoms. The van der Waals surface area contributed by atoms with Crippen molar-refractivity contribution < 1.29 is 20.4 Å². The average Bonchev–Trinajstić information content (AvgIpc) is 2.63. The van der Waals surface area contributed by atoms with Gasteiger partial charge in [0.25, 0.3) is 0 Å². The molecular formula is C8H12O4S. The lowest BCUT2D eigenvalue weighted by Crippen LogP contribution is -2.21. The standard InChI is InChI=1S/C8H12O4S/c9-2-6-1-5(4-13-6)8(12)7(11)3-10/h1,4,7-12H,2-3H2. The maximum atomic E-state index is 9.41. The van der Waals surface area contributed by atoms with Crippen LogP contribution in [0.25, 0.3) is 0 Å². The molecule has 74 valence electrons. The molecule has 0 saturated heterocycles. The molecule has 0 aliphatic heterocycles. The Morgan fingerprint density at radius 1 is 1.31 bits per heavy atom. The van der Waals surface area contributed by atoms with Crippen LogP contribution in [0.1, 0.15) is 16.5 Å². The van der Waals surface area contributed by atoms with Crippen molar-refractivity contribution in [3.63, 3.8) is 0 Å². The molecule has 2 unspecified atom stereocenters. The number of hydrogen-bond donors (Lipinski definition) is 4. The minimum Gasteiger partial charge on any atom is -0.394 e. The second kappa shape index (κ2) is 4.69. The molecule has 0 saturated carbocycles. The van der Waals surface area contributed by atoms with Crippen LogP contribution < -0.4 is 0 Å². The first kappa shape index (κ1) is 10.6. The Hall–Kier alpha value is -0.460. The Labute approximate surface area is 79.7 Å². The van der Waals surface area contributed by atoms with Gasteiger partial charge in [-0.15, -0.1) is 11.3 Å². The third-order valence-electron chi connectivity index (χ3n) is 1.72. The molecule has 0 spiro atoms. The number of rotatable bonds is 4. The van der Waals surface area contributed by atoms with Crippen molar-refractivity contribution in [3.05, 3.63) is 21.9 Å². The monoisotopic (exact) mass is 204 g/mol. The van der Waals surface area contributed by atoms with Gasteiger partial charge in [0.15, 0.2) is 0 Å². The average molecular weight is 204 g/mol. The summed E-state index contributed by atoms with van der Waals surface area (Å²) in [5, 5.41) is 37.5. The zero-order valence-electron chi connectivity index (χ0n) is 6.92. The molecule has 5 heteroatoms. The Bertz CT molecular complexity index is 260. The quantitative estimate of drug-likeness (QED) is 0.539. The van der Waals surface area contributed by atoms with Crippen molar-refractivity contribution in [3.8, 4) is 0 Å². The molecule has 4 nitrogen and oxygen atoms in total. The number of thiophene rings is 1. The summed E-state index contributed by atoms with van der Waals surface area (Å²) >= 11 is 1.30. The number of hydrogen-bond acceptors (Lipinski definition) is 5. The smallest absolute Gasteiger partial charge is 0.108 e. The highest BCUT2D eigenvalue weighted by atomic mass is 32.1. The molecule has 1 heterocycles. The SMILES string of the molecule is OCc1cc(C(O)C(O)CO)cs1. The molecule has 13 heavy (non-hydrogen) atoms.